The van der Waals surface area contributed by atoms with Crippen molar-refractivity contribution in [2.24, 2.45) is 5.92 Å². The van der Waals surface area contributed by atoms with Crippen LogP contribution in [-0.2, 0) is 17.6 Å². The van der Waals surface area contributed by atoms with E-state index in [-0.39, 0.29) is 11.9 Å². The fourth-order valence-corrected chi connectivity index (χ4v) is 3.56. The molecule has 0 saturated carbocycles. The van der Waals surface area contributed by atoms with E-state index in [1.54, 1.807) is 0 Å². The SMILES string of the molecule is CC(NC(=O)CC1CCNC1)c1ccc2c(c1)CCCC2. The van der Waals surface area contributed by atoms with Crippen LogP contribution in [0.1, 0.15) is 55.3 Å². The van der Waals surface area contributed by atoms with E-state index in [0.29, 0.717) is 12.3 Å². The maximum absolute atomic E-state index is 12.1. The Bertz CT molecular complexity index is 506. The zero-order valence-electron chi connectivity index (χ0n) is 13.0. The third-order valence-corrected chi connectivity index (χ3v) is 4.89. The molecular formula is C18H26N2O. The highest BCUT2D eigenvalue weighted by atomic mass is 16.1. The summed E-state index contributed by atoms with van der Waals surface area (Å²) in [6.07, 6.45) is 6.80. The largest absolute Gasteiger partial charge is 0.350 e. The molecule has 2 unspecified atom stereocenters. The Morgan fingerprint density at radius 3 is 2.90 bits per heavy atom. The van der Waals surface area contributed by atoms with Crippen molar-refractivity contribution < 1.29 is 4.79 Å². The number of nitrogens with one attached hydrogen (secondary N) is 2. The maximum Gasteiger partial charge on any atom is 0.220 e. The second kappa shape index (κ2) is 6.61. The van der Waals surface area contributed by atoms with Gasteiger partial charge in [0.2, 0.25) is 5.91 Å². The van der Waals surface area contributed by atoms with E-state index < -0.39 is 0 Å². The first kappa shape index (κ1) is 14.6. The van der Waals surface area contributed by atoms with Gasteiger partial charge in [-0.25, -0.2) is 0 Å². The molecule has 1 fully saturated rings. The second-order valence-corrected chi connectivity index (χ2v) is 6.59. The van der Waals surface area contributed by atoms with Gasteiger partial charge in [0, 0.05) is 6.42 Å². The fraction of sp³-hybridized carbons (Fsp3) is 0.611. The molecule has 0 bridgehead atoms. The molecule has 1 aliphatic heterocycles. The summed E-state index contributed by atoms with van der Waals surface area (Å²) in [4.78, 5) is 12.1. The van der Waals surface area contributed by atoms with E-state index in [2.05, 4.69) is 35.8 Å². The topological polar surface area (TPSA) is 41.1 Å². The molecule has 3 nitrogen and oxygen atoms in total. The number of hydrogen-bond donors (Lipinski definition) is 2. The minimum absolute atomic E-state index is 0.110. The van der Waals surface area contributed by atoms with Gasteiger partial charge in [-0.05, 0) is 74.7 Å². The number of aryl methyl sites for hydroxylation is 2. The Balaban J connectivity index is 1.59. The second-order valence-electron chi connectivity index (χ2n) is 6.59. The highest BCUT2D eigenvalue weighted by Gasteiger charge is 2.19. The predicted molar refractivity (Wildman–Crippen MR) is 85.2 cm³/mol. The molecule has 2 N–H and O–H groups in total. The van der Waals surface area contributed by atoms with Crippen LogP contribution in [0.5, 0.6) is 0 Å². The molecule has 21 heavy (non-hydrogen) atoms. The molecule has 1 saturated heterocycles. The molecule has 1 amide bonds. The van der Waals surface area contributed by atoms with Crippen molar-refractivity contribution in [3.63, 3.8) is 0 Å². The van der Waals surface area contributed by atoms with Crippen molar-refractivity contribution >= 4 is 5.91 Å². The monoisotopic (exact) mass is 286 g/mol. The minimum atomic E-state index is 0.110. The van der Waals surface area contributed by atoms with Crippen molar-refractivity contribution in [3.8, 4) is 0 Å². The van der Waals surface area contributed by atoms with Crippen molar-refractivity contribution in [2.45, 2.75) is 51.5 Å². The van der Waals surface area contributed by atoms with Gasteiger partial charge in [-0.3, -0.25) is 4.79 Å². The number of carbonyl (C=O) groups is 1. The van der Waals surface area contributed by atoms with Crippen molar-refractivity contribution in [1.29, 1.82) is 0 Å². The van der Waals surface area contributed by atoms with E-state index in [9.17, 15) is 4.79 Å². The van der Waals surface area contributed by atoms with E-state index in [1.165, 1.54) is 42.4 Å². The average Bonchev–Trinajstić information content (AvgIpc) is 2.99. The number of fused-ring (bicyclic) bond motifs is 1. The lowest BCUT2D eigenvalue weighted by Crippen LogP contribution is -2.29. The van der Waals surface area contributed by atoms with E-state index >= 15 is 0 Å². The van der Waals surface area contributed by atoms with Gasteiger partial charge < -0.3 is 10.6 Å². The Morgan fingerprint density at radius 1 is 1.33 bits per heavy atom. The van der Waals surface area contributed by atoms with Crippen LogP contribution in [0.4, 0.5) is 0 Å². The molecule has 2 atom stereocenters. The molecule has 0 aromatic heterocycles. The summed E-state index contributed by atoms with van der Waals surface area (Å²) in [5.74, 6) is 0.703. The van der Waals surface area contributed by atoms with E-state index in [4.69, 9.17) is 0 Å². The highest BCUT2D eigenvalue weighted by molar-refractivity contribution is 5.76. The molecular weight excluding hydrogens is 260 g/mol. The highest BCUT2D eigenvalue weighted by Crippen LogP contribution is 2.25. The number of rotatable bonds is 4. The number of amides is 1. The van der Waals surface area contributed by atoms with Crippen LogP contribution in [0, 0.1) is 5.92 Å². The third-order valence-electron chi connectivity index (χ3n) is 4.89. The molecule has 3 heteroatoms. The van der Waals surface area contributed by atoms with E-state index in [1.807, 2.05) is 0 Å². The van der Waals surface area contributed by atoms with Gasteiger partial charge in [-0.2, -0.15) is 0 Å². The normalized spacial score (nSPS) is 22.6. The van der Waals surface area contributed by atoms with Crippen LogP contribution < -0.4 is 10.6 Å². The van der Waals surface area contributed by atoms with E-state index in [0.717, 1.165) is 19.5 Å². The number of hydrogen-bond acceptors (Lipinski definition) is 2. The van der Waals surface area contributed by atoms with Gasteiger partial charge in [0.15, 0.2) is 0 Å². The van der Waals surface area contributed by atoms with Crippen molar-refractivity contribution in [3.05, 3.63) is 34.9 Å². The van der Waals surface area contributed by atoms with Gasteiger partial charge in [-0.1, -0.05) is 18.2 Å². The Morgan fingerprint density at radius 2 is 2.14 bits per heavy atom. The predicted octanol–water partition coefficient (Wildman–Crippen LogP) is 2.74. The minimum Gasteiger partial charge on any atom is -0.350 e. The summed E-state index contributed by atoms with van der Waals surface area (Å²) in [5, 5.41) is 6.48. The first-order valence-corrected chi connectivity index (χ1v) is 8.34. The standard InChI is InChI=1S/C18H26N2O/c1-13(20-18(21)10-14-8-9-19-12-14)16-7-6-15-4-2-3-5-17(15)11-16/h6-7,11,13-14,19H,2-5,8-10,12H2,1H3,(H,20,21). The van der Waals surface area contributed by atoms with Gasteiger partial charge in [0.05, 0.1) is 6.04 Å². The molecule has 1 aromatic rings. The van der Waals surface area contributed by atoms with Crippen LogP contribution in [0.25, 0.3) is 0 Å². The van der Waals surface area contributed by atoms with Crippen LogP contribution >= 0.6 is 0 Å². The Hall–Kier alpha value is -1.35. The van der Waals surface area contributed by atoms with Gasteiger partial charge in [0.25, 0.3) is 0 Å². The third kappa shape index (κ3) is 3.65. The summed E-state index contributed by atoms with van der Waals surface area (Å²) in [7, 11) is 0. The van der Waals surface area contributed by atoms with Gasteiger partial charge in [-0.15, -0.1) is 0 Å². The lowest BCUT2D eigenvalue weighted by Gasteiger charge is -2.20. The summed E-state index contributed by atoms with van der Waals surface area (Å²) in [5.41, 5.74) is 4.23. The molecule has 1 aromatic carbocycles. The van der Waals surface area contributed by atoms with Gasteiger partial charge >= 0.3 is 0 Å². The fourth-order valence-electron chi connectivity index (χ4n) is 3.56. The summed E-state index contributed by atoms with van der Waals surface area (Å²) >= 11 is 0. The van der Waals surface area contributed by atoms with Crippen LogP contribution in [0.15, 0.2) is 18.2 Å². The molecule has 2 aliphatic rings. The Labute approximate surface area is 127 Å². The lowest BCUT2D eigenvalue weighted by atomic mass is 9.89. The Kier molecular flexibility index (Phi) is 4.59. The summed E-state index contributed by atoms with van der Waals surface area (Å²) < 4.78 is 0. The summed E-state index contributed by atoms with van der Waals surface area (Å²) in [6.45, 7) is 4.13. The quantitative estimate of drug-likeness (QED) is 0.893. The van der Waals surface area contributed by atoms with Crippen LogP contribution in [-0.4, -0.2) is 19.0 Å². The maximum atomic E-state index is 12.1. The molecule has 114 valence electrons. The first-order chi connectivity index (χ1) is 10.2. The molecule has 3 rings (SSSR count). The zero-order chi connectivity index (χ0) is 14.7. The van der Waals surface area contributed by atoms with Crippen molar-refractivity contribution in [2.75, 3.05) is 13.1 Å². The van der Waals surface area contributed by atoms with Crippen LogP contribution in [0.2, 0.25) is 0 Å². The first-order valence-electron chi connectivity index (χ1n) is 8.34. The van der Waals surface area contributed by atoms with Crippen LogP contribution in [0.3, 0.4) is 0 Å². The average molecular weight is 286 g/mol. The molecule has 0 spiro atoms. The molecule has 1 aliphatic carbocycles. The zero-order valence-corrected chi connectivity index (χ0v) is 13.0. The number of benzene rings is 1. The lowest BCUT2D eigenvalue weighted by molar-refractivity contribution is -0.122. The number of carbonyl (C=O) groups excluding carboxylic acids is 1. The van der Waals surface area contributed by atoms with Gasteiger partial charge in [0.1, 0.15) is 0 Å². The molecule has 0 radical (unpaired) electrons. The molecule has 1 heterocycles. The van der Waals surface area contributed by atoms with Crippen molar-refractivity contribution in [1.82, 2.24) is 10.6 Å². The summed E-state index contributed by atoms with van der Waals surface area (Å²) in [6, 6.07) is 6.86. The smallest absolute Gasteiger partial charge is 0.220 e.